The van der Waals surface area contributed by atoms with Gasteiger partial charge >= 0.3 is 6.18 Å². The Kier molecular flexibility index (Phi) is 4.75. The normalized spacial score (nSPS) is 14.4. The molecule has 102 valence electrons. The van der Waals surface area contributed by atoms with Crippen molar-refractivity contribution in [3.8, 4) is 0 Å². The fraction of sp³-hybridized carbons (Fsp3) is 0.455. The second-order valence-corrected chi connectivity index (χ2v) is 5.84. The van der Waals surface area contributed by atoms with Gasteiger partial charge < -0.3 is 0 Å². The minimum atomic E-state index is -4.72. The van der Waals surface area contributed by atoms with Gasteiger partial charge in [0.15, 0.2) is 5.75 Å². The predicted molar refractivity (Wildman–Crippen MR) is 62.6 cm³/mol. The van der Waals surface area contributed by atoms with Gasteiger partial charge in [0.25, 0.3) is 0 Å². The third-order valence-electron chi connectivity index (χ3n) is 2.12. The van der Waals surface area contributed by atoms with Crippen LogP contribution in [0.3, 0.4) is 0 Å². The van der Waals surface area contributed by atoms with Crippen LogP contribution < -0.4 is 4.72 Å². The summed E-state index contributed by atoms with van der Waals surface area (Å²) in [5, 5.41) is 0. The lowest BCUT2D eigenvalue weighted by Gasteiger charge is -2.15. The molecule has 1 unspecified atom stereocenters. The van der Waals surface area contributed by atoms with Crippen molar-refractivity contribution in [1.82, 2.24) is 4.72 Å². The van der Waals surface area contributed by atoms with Gasteiger partial charge in [0.2, 0.25) is 10.0 Å². The molecule has 0 bridgehead atoms. The molecule has 0 saturated carbocycles. The summed E-state index contributed by atoms with van der Waals surface area (Å²) in [6.45, 7) is 1.53. The number of benzene rings is 1. The van der Waals surface area contributed by atoms with Crippen LogP contribution in [0.25, 0.3) is 0 Å². The Morgan fingerprint density at radius 3 is 2.28 bits per heavy atom. The summed E-state index contributed by atoms with van der Waals surface area (Å²) in [4.78, 5) is 0. The van der Waals surface area contributed by atoms with Crippen molar-refractivity contribution in [2.24, 2.45) is 0 Å². The third-order valence-corrected chi connectivity index (χ3v) is 3.59. The maximum Gasteiger partial charge on any atom is 0.404 e. The lowest BCUT2D eigenvalue weighted by atomic mass is 10.1. The Morgan fingerprint density at radius 2 is 1.78 bits per heavy atom. The van der Waals surface area contributed by atoms with Crippen LogP contribution in [0.1, 0.15) is 12.5 Å². The lowest BCUT2D eigenvalue weighted by molar-refractivity contribution is -0.106. The van der Waals surface area contributed by atoms with Crippen molar-refractivity contribution in [3.05, 3.63) is 35.9 Å². The fourth-order valence-corrected chi connectivity index (χ4v) is 2.78. The predicted octanol–water partition coefficient (Wildman–Crippen LogP) is 2.10. The minimum absolute atomic E-state index is 0.345. The molecule has 18 heavy (non-hydrogen) atoms. The minimum Gasteiger partial charge on any atom is -0.212 e. The molecule has 1 aromatic carbocycles. The summed E-state index contributed by atoms with van der Waals surface area (Å²) >= 11 is 0. The molecule has 0 aliphatic rings. The van der Waals surface area contributed by atoms with Crippen LogP contribution in [0.4, 0.5) is 13.2 Å². The van der Waals surface area contributed by atoms with Crippen molar-refractivity contribution in [3.63, 3.8) is 0 Å². The van der Waals surface area contributed by atoms with E-state index in [2.05, 4.69) is 0 Å². The molecule has 0 radical (unpaired) electrons. The second kappa shape index (κ2) is 5.71. The van der Waals surface area contributed by atoms with Gasteiger partial charge in [-0.05, 0) is 18.9 Å². The monoisotopic (exact) mass is 281 g/mol. The molecule has 0 saturated heterocycles. The highest BCUT2D eigenvalue weighted by Gasteiger charge is 2.35. The second-order valence-electron chi connectivity index (χ2n) is 4.08. The van der Waals surface area contributed by atoms with Gasteiger partial charge in [0, 0.05) is 6.04 Å². The average Bonchev–Trinajstić information content (AvgIpc) is 2.13. The van der Waals surface area contributed by atoms with Crippen molar-refractivity contribution >= 4 is 10.0 Å². The molecule has 0 amide bonds. The van der Waals surface area contributed by atoms with Crippen molar-refractivity contribution in [2.45, 2.75) is 25.6 Å². The van der Waals surface area contributed by atoms with E-state index in [0.29, 0.717) is 6.42 Å². The van der Waals surface area contributed by atoms with Gasteiger partial charge in [-0.1, -0.05) is 30.3 Å². The topological polar surface area (TPSA) is 46.2 Å². The zero-order chi connectivity index (χ0) is 13.8. The molecular weight excluding hydrogens is 267 g/mol. The van der Waals surface area contributed by atoms with Gasteiger partial charge in [-0.15, -0.1) is 0 Å². The van der Waals surface area contributed by atoms with E-state index >= 15 is 0 Å². The van der Waals surface area contributed by atoms with Crippen LogP contribution >= 0.6 is 0 Å². The zero-order valence-electron chi connectivity index (χ0n) is 9.74. The molecule has 1 N–H and O–H groups in total. The first-order valence-corrected chi connectivity index (χ1v) is 6.94. The average molecular weight is 281 g/mol. The first-order chi connectivity index (χ1) is 8.18. The van der Waals surface area contributed by atoms with E-state index in [-0.39, 0.29) is 0 Å². The molecular formula is C11H14F3NO2S. The zero-order valence-corrected chi connectivity index (χ0v) is 10.6. The van der Waals surface area contributed by atoms with Crippen LogP contribution in [-0.2, 0) is 16.4 Å². The van der Waals surface area contributed by atoms with Gasteiger partial charge in [0.1, 0.15) is 0 Å². The summed E-state index contributed by atoms with van der Waals surface area (Å²) < 4.78 is 60.5. The highest BCUT2D eigenvalue weighted by molar-refractivity contribution is 7.89. The Morgan fingerprint density at radius 1 is 1.22 bits per heavy atom. The Hall–Kier alpha value is -1.08. The molecule has 0 aromatic heterocycles. The Labute approximate surface area is 104 Å². The van der Waals surface area contributed by atoms with Gasteiger partial charge in [-0.3, -0.25) is 0 Å². The van der Waals surface area contributed by atoms with E-state index < -0.39 is 28.0 Å². The van der Waals surface area contributed by atoms with E-state index in [1.807, 2.05) is 10.8 Å². The van der Waals surface area contributed by atoms with Crippen molar-refractivity contribution in [2.75, 3.05) is 5.75 Å². The summed E-state index contributed by atoms with van der Waals surface area (Å²) in [7, 11) is -4.33. The number of hydrogen-bond acceptors (Lipinski definition) is 2. The largest absolute Gasteiger partial charge is 0.404 e. The number of hydrogen-bond donors (Lipinski definition) is 1. The summed E-state index contributed by atoms with van der Waals surface area (Å²) in [5.41, 5.74) is 0.861. The van der Waals surface area contributed by atoms with Crippen LogP contribution in [0.15, 0.2) is 30.3 Å². The number of sulfonamides is 1. The molecule has 0 spiro atoms. The van der Waals surface area contributed by atoms with E-state index in [4.69, 9.17) is 0 Å². The number of alkyl halides is 3. The summed E-state index contributed by atoms with van der Waals surface area (Å²) in [6.07, 6.45) is -4.38. The van der Waals surface area contributed by atoms with Crippen molar-refractivity contribution < 1.29 is 21.6 Å². The molecule has 1 aromatic rings. The third kappa shape index (κ3) is 6.02. The maximum atomic E-state index is 12.0. The summed E-state index contributed by atoms with van der Waals surface area (Å²) in [5.74, 6) is -1.85. The standard InChI is InChI=1S/C11H14F3NO2S/c1-9(7-10-5-3-2-4-6-10)15-18(16,17)8-11(12,13)14/h2-6,9,15H,7-8H2,1H3. The van der Waals surface area contributed by atoms with Crippen molar-refractivity contribution in [1.29, 1.82) is 0 Å². The molecule has 3 nitrogen and oxygen atoms in total. The molecule has 0 aliphatic carbocycles. The van der Waals surface area contributed by atoms with Crippen LogP contribution in [0.2, 0.25) is 0 Å². The number of rotatable bonds is 5. The molecule has 0 heterocycles. The van der Waals surface area contributed by atoms with Gasteiger partial charge in [-0.2, -0.15) is 13.2 Å². The lowest BCUT2D eigenvalue weighted by Crippen LogP contribution is -2.39. The van der Waals surface area contributed by atoms with E-state index in [9.17, 15) is 21.6 Å². The smallest absolute Gasteiger partial charge is 0.212 e. The summed E-state index contributed by atoms with van der Waals surface area (Å²) in [6, 6.07) is 8.36. The molecule has 0 fully saturated rings. The van der Waals surface area contributed by atoms with Crippen LogP contribution in [0.5, 0.6) is 0 Å². The first-order valence-electron chi connectivity index (χ1n) is 5.29. The van der Waals surface area contributed by atoms with Crippen LogP contribution in [0, 0.1) is 0 Å². The Balaban J connectivity index is 2.57. The van der Waals surface area contributed by atoms with E-state index in [1.165, 1.54) is 6.92 Å². The fourth-order valence-electron chi connectivity index (χ4n) is 1.57. The molecule has 0 aliphatic heterocycles. The highest BCUT2D eigenvalue weighted by Crippen LogP contribution is 2.17. The first kappa shape index (κ1) is 15.0. The SMILES string of the molecule is CC(Cc1ccccc1)NS(=O)(=O)CC(F)(F)F. The molecule has 7 heteroatoms. The molecule has 1 atom stereocenters. The highest BCUT2D eigenvalue weighted by atomic mass is 32.2. The van der Waals surface area contributed by atoms with E-state index in [0.717, 1.165) is 5.56 Å². The molecule has 1 rings (SSSR count). The number of halogens is 3. The number of nitrogens with one attached hydrogen (secondary N) is 1. The van der Waals surface area contributed by atoms with Gasteiger partial charge in [0.05, 0.1) is 0 Å². The van der Waals surface area contributed by atoms with Crippen LogP contribution in [-0.4, -0.2) is 26.4 Å². The Bertz CT molecular complexity index is 471. The quantitative estimate of drug-likeness (QED) is 0.898. The van der Waals surface area contributed by atoms with Gasteiger partial charge in [-0.25, -0.2) is 13.1 Å². The maximum absolute atomic E-state index is 12.0. The van der Waals surface area contributed by atoms with E-state index in [1.54, 1.807) is 24.3 Å².